The van der Waals surface area contributed by atoms with Crippen LogP contribution < -0.4 is 0 Å². The number of carbonyl (C=O) groups excluding carboxylic acids is 2. The molecule has 3 atom stereocenters. The van der Waals surface area contributed by atoms with Gasteiger partial charge in [-0.15, -0.1) is 0 Å². The Labute approximate surface area is 173 Å². The Morgan fingerprint density at radius 1 is 1.17 bits per heavy atom. The smallest absolute Gasteiger partial charge is 0.328 e. The molecule has 1 aliphatic heterocycles. The highest BCUT2D eigenvalue weighted by molar-refractivity contribution is 7.89. The lowest BCUT2D eigenvalue weighted by Gasteiger charge is -2.33. The van der Waals surface area contributed by atoms with Crippen molar-refractivity contribution in [1.29, 1.82) is 0 Å². The summed E-state index contributed by atoms with van der Waals surface area (Å²) in [6, 6.07) is 5.54. The summed E-state index contributed by atoms with van der Waals surface area (Å²) < 4.78 is 32.1. The van der Waals surface area contributed by atoms with Crippen molar-refractivity contribution in [3.63, 3.8) is 0 Å². The average Bonchev–Trinajstić information content (AvgIpc) is 3.13. The molecule has 8 heteroatoms. The first-order valence-electron chi connectivity index (χ1n) is 10.4. The van der Waals surface area contributed by atoms with Crippen LogP contribution in [-0.4, -0.2) is 61.8 Å². The van der Waals surface area contributed by atoms with Gasteiger partial charge in [-0.05, 0) is 43.4 Å². The second-order valence-corrected chi connectivity index (χ2v) is 9.65. The van der Waals surface area contributed by atoms with E-state index in [9.17, 15) is 18.0 Å². The van der Waals surface area contributed by atoms with E-state index in [2.05, 4.69) is 0 Å². The monoisotopic (exact) mass is 422 g/mol. The molecule has 0 N–H and O–H groups in total. The van der Waals surface area contributed by atoms with Crippen LogP contribution in [0.4, 0.5) is 0 Å². The molecule has 1 saturated heterocycles. The molecule has 1 aromatic carbocycles. The van der Waals surface area contributed by atoms with Gasteiger partial charge in [-0.25, -0.2) is 13.2 Å². The van der Waals surface area contributed by atoms with E-state index < -0.39 is 22.0 Å². The zero-order valence-electron chi connectivity index (χ0n) is 17.3. The Balaban J connectivity index is 1.95. The summed E-state index contributed by atoms with van der Waals surface area (Å²) in [6.07, 6.45) is 4.60. The van der Waals surface area contributed by atoms with Crippen LogP contribution in [0.2, 0.25) is 0 Å². The molecule has 0 aromatic heterocycles. The first kappa shape index (κ1) is 21.8. The molecule has 160 valence electrons. The lowest BCUT2D eigenvalue weighted by molar-refractivity contribution is -0.145. The van der Waals surface area contributed by atoms with Crippen molar-refractivity contribution in [2.24, 2.45) is 5.92 Å². The fourth-order valence-corrected chi connectivity index (χ4v) is 6.25. The van der Waals surface area contributed by atoms with Crippen molar-refractivity contribution in [2.45, 2.75) is 62.9 Å². The lowest BCUT2D eigenvalue weighted by atomic mass is 9.84. The Bertz CT molecular complexity index is 866. The van der Waals surface area contributed by atoms with E-state index in [0.717, 1.165) is 25.7 Å². The van der Waals surface area contributed by atoms with Crippen LogP contribution >= 0.6 is 0 Å². The van der Waals surface area contributed by atoms with Crippen LogP contribution in [0.3, 0.4) is 0 Å². The fourth-order valence-electron chi connectivity index (χ4n) is 4.75. The molecular formula is C21H30N2O5S. The summed E-state index contributed by atoms with van der Waals surface area (Å²) in [5.74, 6) is -0.412. The number of amides is 1. The van der Waals surface area contributed by atoms with Gasteiger partial charge in [-0.3, -0.25) is 4.79 Å². The number of benzene rings is 1. The van der Waals surface area contributed by atoms with Crippen molar-refractivity contribution in [1.82, 2.24) is 9.21 Å². The number of likely N-dealkylation sites (tertiary alicyclic amines) is 1. The number of hydrogen-bond acceptors (Lipinski definition) is 5. The first-order chi connectivity index (χ1) is 13.8. The van der Waals surface area contributed by atoms with Gasteiger partial charge in [0.1, 0.15) is 6.04 Å². The minimum Gasteiger partial charge on any atom is -0.467 e. The lowest BCUT2D eigenvalue weighted by Crippen LogP contribution is -2.46. The van der Waals surface area contributed by atoms with Crippen molar-refractivity contribution >= 4 is 21.9 Å². The maximum absolute atomic E-state index is 13.4. The van der Waals surface area contributed by atoms with E-state index in [1.165, 1.54) is 23.5 Å². The van der Waals surface area contributed by atoms with Crippen molar-refractivity contribution < 1.29 is 22.7 Å². The van der Waals surface area contributed by atoms with Gasteiger partial charge >= 0.3 is 5.97 Å². The van der Waals surface area contributed by atoms with Gasteiger partial charge < -0.3 is 9.64 Å². The fraction of sp³-hybridized carbons (Fsp3) is 0.619. The van der Waals surface area contributed by atoms with E-state index in [1.807, 2.05) is 0 Å². The SMILES string of the molecule is CCN(CC)S(=O)(=O)c1cccc(C(=O)N2C(C(=O)OC)CC3CCCCC32)c1. The molecule has 1 saturated carbocycles. The predicted octanol–water partition coefficient (Wildman–Crippen LogP) is 2.66. The zero-order valence-corrected chi connectivity index (χ0v) is 18.2. The van der Waals surface area contributed by atoms with Crippen LogP contribution in [-0.2, 0) is 19.6 Å². The molecule has 0 spiro atoms. The molecule has 1 amide bonds. The summed E-state index contributed by atoms with van der Waals surface area (Å²) in [7, 11) is -2.33. The molecule has 0 radical (unpaired) electrons. The van der Waals surface area contributed by atoms with Gasteiger partial charge in [0.05, 0.1) is 12.0 Å². The topological polar surface area (TPSA) is 84.0 Å². The van der Waals surface area contributed by atoms with E-state index in [1.54, 1.807) is 30.9 Å². The average molecular weight is 423 g/mol. The van der Waals surface area contributed by atoms with Crippen molar-refractivity contribution in [3.05, 3.63) is 29.8 Å². The van der Waals surface area contributed by atoms with Gasteiger partial charge in [0, 0.05) is 24.7 Å². The summed E-state index contributed by atoms with van der Waals surface area (Å²) in [5.41, 5.74) is 0.290. The summed E-state index contributed by atoms with van der Waals surface area (Å²) in [5, 5.41) is 0. The zero-order chi connectivity index (χ0) is 21.2. The van der Waals surface area contributed by atoms with Crippen molar-refractivity contribution in [3.8, 4) is 0 Å². The highest BCUT2D eigenvalue weighted by Gasteiger charge is 2.48. The summed E-state index contributed by atoms with van der Waals surface area (Å²) in [6.45, 7) is 4.28. The molecule has 7 nitrogen and oxygen atoms in total. The van der Waals surface area contributed by atoms with Gasteiger partial charge in [0.2, 0.25) is 10.0 Å². The van der Waals surface area contributed by atoms with Crippen LogP contribution in [0.25, 0.3) is 0 Å². The third-order valence-electron chi connectivity index (χ3n) is 6.22. The predicted molar refractivity (Wildman–Crippen MR) is 109 cm³/mol. The van der Waals surface area contributed by atoms with Crippen LogP contribution in [0.5, 0.6) is 0 Å². The van der Waals surface area contributed by atoms with Crippen LogP contribution in [0, 0.1) is 5.92 Å². The Hall–Kier alpha value is -1.93. The van der Waals surface area contributed by atoms with Gasteiger partial charge in [0.25, 0.3) is 5.91 Å². The number of carbonyl (C=O) groups is 2. The minimum absolute atomic E-state index is 0.00314. The number of rotatable bonds is 6. The number of ether oxygens (including phenoxy) is 1. The third kappa shape index (κ3) is 4.05. The van der Waals surface area contributed by atoms with Gasteiger partial charge in [0.15, 0.2) is 0 Å². The van der Waals surface area contributed by atoms with E-state index in [4.69, 9.17) is 4.74 Å². The molecule has 0 bridgehead atoms. The molecule has 1 aliphatic carbocycles. The molecule has 1 heterocycles. The summed E-state index contributed by atoms with van der Waals surface area (Å²) >= 11 is 0. The highest BCUT2D eigenvalue weighted by Crippen LogP contribution is 2.41. The standard InChI is InChI=1S/C21H30N2O5S/c1-4-22(5-2)29(26,27)17-11-8-10-16(13-17)20(24)23-18-12-7-6-9-15(18)14-19(23)21(25)28-3/h8,10-11,13,15,18-19H,4-7,9,12,14H2,1-3H3. The first-order valence-corrected chi connectivity index (χ1v) is 11.8. The van der Waals surface area contributed by atoms with Gasteiger partial charge in [-0.1, -0.05) is 32.8 Å². The number of fused-ring (bicyclic) bond motifs is 1. The maximum Gasteiger partial charge on any atom is 0.328 e. The normalized spacial score (nSPS) is 24.4. The largest absolute Gasteiger partial charge is 0.467 e. The second kappa shape index (κ2) is 8.83. The van der Waals surface area contributed by atoms with Crippen LogP contribution in [0.1, 0.15) is 56.3 Å². The Morgan fingerprint density at radius 3 is 2.52 bits per heavy atom. The molecular weight excluding hydrogens is 392 g/mol. The molecule has 1 aromatic rings. The number of hydrogen-bond donors (Lipinski definition) is 0. The Morgan fingerprint density at radius 2 is 1.86 bits per heavy atom. The molecule has 3 rings (SSSR count). The third-order valence-corrected chi connectivity index (χ3v) is 8.27. The second-order valence-electron chi connectivity index (χ2n) is 7.72. The quantitative estimate of drug-likeness (QED) is 0.658. The molecule has 3 unspecified atom stereocenters. The minimum atomic E-state index is -3.67. The Kier molecular flexibility index (Phi) is 6.63. The number of nitrogens with zero attached hydrogens (tertiary/aromatic N) is 2. The number of sulfonamides is 1. The molecule has 2 fully saturated rings. The van der Waals surface area contributed by atoms with Crippen molar-refractivity contribution in [2.75, 3.05) is 20.2 Å². The summed E-state index contributed by atoms with van der Waals surface area (Å²) in [4.78, 5) is 27.6. The maximum atomic E-state index is 13.4. The highest BCUT2D eigenvalue weighted by atomic mass is 32.2. The van der Waals surface area contributed by atoms with E-state index >= 15 is 0 Å². The van der Waals surface area contributed by atoms with E-state index in [-0.39, 0.29) is 16.8 Å². The van der Waals surface area contributed by atoms with Gasteiger partial charge in [-0.2, -0.15) is 4.31 Å². The molecule has 29 heavy (non-hydrogen) atoms. The molecule has 2 aliphatic rings. The number of methoxy groups -OCH3 is 1. The van der Waals surface area contributed by atoms with Crippen LogP contribution in [0.15, 0.2) is 29.2 Å². The number of esters is 1. The van der Waals surface area contributed by atoms with E-state index in [0.29, 0.717) is 31.0 Å².